The normalized spacial score (nSPS) is 29.1. The number of nitrogens with zero attached hydrogens (tertiary/aromatic N) is 2. The monoisotopic (exact) mass is 254 g/mol. The molecule has 0 aromatic carbocycles. The van der Waals surface area contributed by atoms with Crippen molar-refractivity contribution in [2.24, 2.45) is 0 Å². The van der Waals surface area contributed by atoms with E-state index in [0.717, 1.165) is 11.3 Å². The molecule has 100 valence electrons. The van der Waals surface area contributed by atoms with Gasteiger partial charge in [-0.05, 0) is 26.3 Å². The molecule has 6 nitrogen and oxygen atoms in total. The third-order valence-electron chi connectivity index (χ3n) is 3.61. The van der Waals surface area contributed by atoms with Crippen molar-refractivity contribution < 1.29 is 19.1 Å². The first-order valence-corrected chi connectivity index (χ1v) is 6.29. The Balaban J connectivity index is 2.10. The fourth-order valence-corrected chi connectivity index (χ4v) is 2.65. The van der Waals surface area contributed by atoms with Gasteiger partial charge in [0.2, 0.25) is 11.8 Å². The Morgan fingerprint density at radius 2 is 2.17 bits per heavy atom. The number of hydrogen-bond donors (Lipinski definition) is 0. The van der Waals surface area contributed by atoms with Gasteiger partial charge in [0.05, 0.1) is 19.1 Å². The van der Waals surface area contributed by atoms with Gasteiger partial charge in [0, 0.05) is 7.05 Å². The number of carbonyl (C=O) groups excluding carboxylic acids is 3. The molecule has 0 radical (unpaired) electrons. The summed E-state index contributed by atoms with van der Waals surface area (Å²) in [4.78, 5) is 38.2. The first-order valence-electron chi connectivity index (χ1n) is 6.29. The van der Waals surface area contributed by atoms with Crippen LogP contribution in [0.2, 0.25) is 0 Å². The van der Waals surface area contributed by atoms with Gasteiger partial charge in [-0.15, -0.1) is 0 Å². The zero-order valence-electron chi connectivity index (χ0n) is 10.7. The van der Waals surface area contributed by atoms with Crippen LogP contribution < -0.4 is 0 Å². The van der Waals surface area contributed by atoms with Gasteiger partial charge in [-0.2, -0.15) is 0 Å². The van der Waals surface area contributed by atoms with Crippen LogP contribution in [0.4, 0.5) is 0 Å². The Bertz CT molecular complexity index is 382. The second-order valence-electron chi connectivity index (χ2n) is 4.66. The standard InChI is InChI=1S/C12H18N2O4/c1-3-18-12(17)8-5-4-6-14(8)9-7-10(15)13(2)11(9)16/h8-9H,3-7H2,1-2H3. The molecule has 6 heteroatoms. The highest BCUT2D eigenvalue weighted by Crippen LogP contribution is 2.27. The number of rotatable bonds is 3. The summed E-state index contributed by atoms with van der Waals surface area (Å²) in [5.74, 6) is -0.680. The number of esters is 1. The van der Waals surface area contributed by atoms with Crippen molar-refractivity contribution in [3.8, 4) is 0 Å². The van der Waals surface area contributed by atoms with Gasteiger partial charge in [0.25, 0.3) is 0 Å². The number of likely N-dealkylation sites (N-methyl/N-ethyl adjacent to an activating group) is 1. The van der Waals surface area contributed by atoms with Crippen LogP contribution in [-0.4, -0.2) is 59.9 Å². The molecule has 2 saturated heterocycles. The molecular formula is C12H18N2O4. The SMILES string of the molecule is CCOC(=O)C1CCCN1C1CC(=O)N(C)C1=O. The second-order valence-corrected chi connectivity index (χ2v) is 4.66. The van der Waals surface area contributed by atoms with Crippen LogP contribution >= 0.6 is 0 Å². The molecule has 2 rings (SSSR count). The average molecular weight is 254 g/mol. The van der Waals surface area contributed by atoms with Crippen LogP contribution in [0.3, 0.4) is 0 Å². The highest BCUT2D eigenvalue weighted by molar-refractivity contribution is 6.05. The van der Waals surface area contributed by atoms with Crippen LogP contribution in [-0.2, 0) is 19.1 Å². The van der Waals surface area contributed by atoms with E-state index in [1.165, 1.54) is 7.05 Å². The zero-order chi connectivity index (χ0) is 13.3. The van der Waals surface area contributed by atoms with E-state index in [2.05, 4.69) is 0 Å². The Morgan fingerprint density at radius 1 is 1.44 bits per heavy atom. The lowest BCUT2D eigenvalue weighted by Gasteiger charge is -2.26. The topological polar surface area (TPSA) is 66.9 Å². The predicted octanol–water partition coefficient (Wildman–Crippen LogP) is -0.229. The molecule has 2 fully saturated rings. The van der Waals surface area contributed by atoms with Crippen LogP contribution in [0, 0.1) is 0 Å². The minimum atomic E-state index is -0.487. The molecule has 2 aliphatic rings. The lowest BCUT2D eigenvalue weighted by Crippen LogP contribution is -2.47. The molecule has 2 aliphatic heterocycles. The van der Waals surface area contributed by atoms with E-state index in [1.807, 2.05) is 4.90 Å². The fourth-order valence-electron chi connectivity index (χ4n) is 2.65. The summed E-state index contributed by atoms with van der Waals surface area (Å²) in [7, 11) is 1.49. The van der Waals surface area contributed by atoms with Gasteiger partial charge < -0.3 is 4.74 Å². The van der Waals surface area contributed by atoms with Crippen LogP contribution in [0.1, 0.15) is 26.2 Å². The van der Waals surface area contributed by atoms with Crippen molar-refractivity contribution in [2.45, 2.75) is 38.3 Å². The maximum absolute atomic E-state index is 11.9. The number of ether oxygens (including phenoxy) is 1. The largest absolute Gasteiger partial charge is 0.465 e. The lowest BCUT2D eigenvalue weighted by atomic mass is 10.1. The summed E-state index contributed by atoms with van der Waals surface area (Å²) in [5, 5.41) is 0. The number of carbonyl (C=O) groups is 3. The summed E-state index contributed by atoms with van der Waals surface area (Å²) in [6.45, 7) is 2.76. The van der Waals surface area contributed by atoms with E-state index in [-0.39, 0.29) is 30.2 Å². The molecule has 2 heterocycles. The highest BCUT2D eigenvalue weighted by Gasteiger charge is 2.45. The minimum absolute atomic E-state index is 0.172. The maximum atomic E-state index is 11.9. The van der Waals surface area contributed by atoms with Crippen molar-refractivity contribution in [3.63, 3.8) is 0 Å². The summed E-state index contributed by atoms with van der Waals surface area (Å²) in [6.07, 6.45) is 1.72. The molecular weight excluding hydrogens is 236 g/mol. The fraction of sp³-hybridized carbons (Fsp3) is 0.750. The Hall–Kier alpha value is -1.43. The average Bonchev–Trinajstić information content (AvgIpc) is 2.90. The van der Waals surface area contributed by atoms with E-state index in [1.54, 1.807) is 6.92 Å². The van der Waals surface area contributed by atoms with Gasteiger partial charge in [-0.3, -0.25) is 24.2 Å². The highest BCUT2D eigenvalue weighted by atomic mass is 16.5. The summed E-state index contributed by atoms with van der Waals surface area (Å²) < 4.78 is 5.01. The van der Waals surface area contributed by atoms with Gasteiger partial charge in [-0.25, -0.2) is 0 Å². The smallest absolute Gasteiger partial charge is 0.323 e. The van der Waals surface area contributed by atoms with Gasteiger partial charge in [-0.1, -0.05) is 0 Å². The zero-order valence-corrected chi connectivity index (χ0v) is 10.7. The van der Waals surface area contributed by atoms with Crippen molar-refractivity contribution in [1.29, 1.82) is 0 Å². The van der Waals surface area contributed by atoms with Gasteiger partial charge in [0.1, 0.15) is 6.04 Å². The number of likely N-dealkylation sites (tertiary alicyclic amines) is 2. The Morgan fingerprint density at radius 3 is 2.72 bits per heavy atom. The van der Waals surface area contributed by atoms with Crippen LogP contribution in [0.25, 0.3) is 0 Å². The van der Waals surface area contributed by atoms with Crippen LogP contribution in [0.5, 0.6) is 0 Å². The van der Waals surface area contributed by atoms with Crippen molar-refractivity contribution in [1.82, 2.24) is 9.80 Å². The predicted molar refractivity (Wildman–Crippen MR) is 62.5 cm³/mol. The van der Waals surface area contributed by atoms with E-state index >= 15 is 0 Å². The number of amides is 2. The molecule has 0 N–H and O–H groups in total. The second kappa shape index (κ2) is 5.06. The van der Waals surface area contributed by atoms with E-state index in [0.29, 0.717) is 19.6 Å². The van der Waals surface area contributed by atoms with E-state index in [9.17, 15) is 14.4 Å². The molecule has 18 heavy (non-hydrogen) atoms. The van der Waals surface area contributed by atoms with Crippen molar-refractivity contribution >= 4 is 17.8 Å². The molecule has 0 aliphatic carbocycles. The number of imide groups is 1. The summed E-state index contributed by atoms with van der Waals surface area (Å²) in [6, 6.07) is -0.863. The molecule has 2 unspecified atom stereocenters. The quantitative estimate of drug-likeness (QED) is 0.514. The first-order chi connectivity index (χ1) is 8.56. The Labute approximate surface area is 106 Å². The first kappa shape index (κ1) is 13.0. The van der Waals surface area contributed by atoms with E-state index in [4.69, 9.17) is 4.74 Å². The van der Waals surface area contributed by atoms with Crippen LogP contribution in [0.15, 0.2) is 0 Å². The summed E-state index contributed by atoms with van der Waals surface area (Å²) in [5.41, 5.74) is 0. The van der Waals surface area contributed by atoms with E-state index < -0.39 is 6.04 Å². The lowest BCUT2D eigenvalue weighted by molar-refractivity contribution is -0.150. The molecule has 0 spiro atoms. The van der Waals surface area contributed by atoms with Gasteiger partial charge >= 0.3 is 5.97 Å². The molecule has 2 amide bonds. The molecule has 0 aromatic rings. The molecule has 0 aromatic heterocycles. The molecule has 0 saturated carbocycles. The van der Waals surface area contributed by atoms with Crippen molar-refractivity contribution in [2.75, 3.05) is 20.2 Å². The van der Waals surface area contributed by atoms with Crippen molar-refractivity contribution in [3.05, 3.63) is 0 Å². The third kappa shape index (κ3) is 2.12. The third-order valence-corrected chi connectivity index (χ3v) is 3.61. The molecule has 0 bridgehead atoms. The minimum Gasteiger partial charge on any atom is -0.465 e. The summed E-state index contributed by atoms with van der Waals surface area (Å²) >= 11 is 0. The number of hydrogen-bond acceptors (Lipinski definition) is 5. The Kier molecular flexibility index (Phi) is 3.65. The molecule has 2 atom stereocenters. The maximum Gasteiger partial charge on any atom is 0.323 e. The van der Waals surface area contributed by atoms with Gasteiger partial charge in [0.15, 0.2) is 0 Å².